The summed E-state index contributed by atoms with van der Waals surface area (Å²) < 4.78 is 11.6. The summed E-state index contributed by atoms with van der Waals surface area (Å²) in [6.45, 7) is 0. The van der Waals surface area contributed by atoms with Crippen molar-refractivity contribution >= 4 is 75.3 Å². The van der Waals surface area contributed by atoms with Crippen molar-refractivity contribution < 1.29 is 4.42 Å². The lowest BCUT2D eigenvalue weighted by Crippen LogP contribution is -2.00. The van der Waals surface area contributed by atoms with E-state index in [0.29, 0.717) is 17.5 Å². The topological polar surface area (TPSA) is 56.7 Å². The van der Waals surface area contributed by atoms with Crippen molar-refractivity contribution in [2.24, 2.45) is 0 Å². The molecule has 12 aromatic rings. The largest absolute Gasteiger partial charge is 0.456 e. The molecule has 0 radical (unpaired) electrons. The van der Waals surface area contributed by atoms with Gasteiger partial charge in [0.2, 0.25) is 0 Å². The average Bonchev–Trinajstić information content (AvgIpc) is 3.96. The summed E-state index contributed by atoms with van der Waals surface area (Å²) in [6.07, 6.45) is 0. The molecule has 4 heterocycles. The fourth-order valence-corrected chi connectivity index (χ4v) is 9.83. The Kier molecular flexibility index (Phi) is 7.03. The van der Waals surface area contributed by atoms with Crippen LogP contribution in [0.3, 0.4) is 0 Å². The van der Waals surface area contributed by atoms with Crippen molar-refractivity contribution in [1.29, 1.82) is 0 Å². The fourth-order valence-electron chi connectivity index (χ4n) is 8.50. The number of aromatic nitrogens is 4. The smallest absolute Gasteiger partial charge is 0.164 e. The predicted molar refractivity (Wildman–Crippen MR) is 236 cm³/mol. The van der Waals surface area contributed by atoms with Gasteiger partial charge >= 0.3 is 0 Å². The second kappa shape index (κ2) is 12.6. The van der Waals surface area contributed by atoms with Gasteiger partial charge in [0.05, 0.1) is 21.4 Å². The number of nitrogens with zero attached hydrogens (tertiary/aromatic N) is 4. The van der Waals surface area contributed by atoms with Gasteiger partial charge in [0.15, 0.2) is 17.5 Å². The molecular formula is C51H30N4OS. The van der Waals surface area contributed by atoms with Gasteiger partial charge < -0.3 is 8.98 Å². The number of furan rings is 1. The first-order valence-electron chi connectivity index (χ1n) is 19.0. The zero-order valence-corrected chi connectivity index (χ0v) is 31.2. The van der Waals surface area contributed by atoms with Crippen molar-refractivity contribution in [3.05, 3.63) is 182 Å². The van der Waals surface area contributed by atoms with Gasteiger partial charge in [0.25, 0.3) is 0 Å². The number of hydrogen-bond donors (Lipinski definition) is 0. The van der Waals surface area contributed by atoms with Gasteiger partial charge in [0, 0.05) is 59.3 Å². The monoisotopic (exact) mass is 746 g/mol. The van der Waals surface area contributed by atoms with Crippen molar-refractivity contribution in [1.82, 2.24) is 19.5 Å². The molecule has 0 saturated heterocycles. The third kappa shape index (κ3) is 4.98. The van der Waals surface area contributed by atoms with E-state index in [2.05, 4.69) is 126 Å². The minimum atomic E-state index is 0.597. The highest BCUT2D eigenvalue weighted by molar-refractivity contribution is 7.26. The number of benzene rings is 8. The summed E-state index contributed by atoms with van der Waals surface area (Å²) in [5.74, 6) is 1.85. The van der Waals surface area contributed by atoms with Gasteiger partial charge in [-0.1, -0.05) is 146 Å². The number of fused-ring (bicyclic) bond motifs is 9. The Bertz CT molecular complexity index is 3420. The molecule has 0 saturated carbocycles. The molecular weight excluding hydrogens is 717 g/mol. The van der Waals surface area contributed by atoms with Crippen molar-refractivity contribution in [3.63, 3.8) is 0 Å². The van der Waals surface area contributed by atoms with Gasteiger partial charge in [0.1, 0.15) is 11.2 Å². The lowest BCUT2D eigenvalue weighted by molar-refractivity contribution is 0.669. The van der Waals surface area contributed by atoms with Gasteiger partial charge in [-0.15, -0.1) is 11.3 Å². The molecule has 0 unspecified atom stereocenters. The van der Waals surface area contributed by atoms with Crippen LogP contribution in [0.1, 0.15) is 0 Å². The second-order valence-electron chi connectivity index (χ2n) is 14.3. The first-order chi connectivity index (χ1) is 28.3. The minimum absolute atomic E-state index is 0.597. The first kappa shape index (κ1) is 31.9. The molecule has 266 valence electrons. The van der Waals surface area contributed by atoms with E-state index in [1.54, 1.807) is 0 Å². The SMILES string of the molecule is c1ccc(-c2nc(-c3ccccc3)nc(-c3ccc4c(c3)oc3cccc(-c5cccc6c5sc5c(-n7c8ccccc8c8ccccc87)cccc56)c34)n2)cc1. The van der Waals surface area contributed by atoms with Crippen LogP contribution in [0, 0.1) is 0 Å². The molecule has 4 aromatic heterocycles. The summed E-state index contributed by atoms with van der Waals surface area (Å²) in [5, 5.41) is 7.17. The van der Waals surface area contributed by atoms with E-state index in [4.69, 9.17) is 19.4 Å². The molecule has 0 atom stereocenters. The van der Waals surface area contributed by atoms with Crippen LogP contribution >= 0.6 is 11.3 Å². The fraction of sp³-hybridized carbons (Fsp3) is 0. The number of hydrogen-bond acceptors (Lipinski definition) is 5. The summed E-state index contributed by atoms with van der Waals surface area (Å²) in [6, 6.07) is 63.7. The second-order valence-corrected chi connectivity index (χ2v) is 15.4. The molecule has 0 aliphatic rings. The molecule has 12 rings (SSSR count). The van der Waals surface area contributed by atoms with Crippen LogP contribution in [0.15, 0.2) is 186 Å². The third-order valence-electron chi connectivity index (χ3n) is 11.1. The molecule has 8 aromatic carbocycles. The zero-order chi connectivity index (χ0) is 37.5. The van der Waals surface area contributed by atoms with Gasteiger partial charge in [-0.25, -0.2) is 15.0 Å². The zero-order valence-electron chi connectivity index (χ0n) is 30.4. The van der Waals surface area contributed by atoms with E-state index in [1.165, 1.54) is 53.2 Å². The Hall–Kier alpha value is -7.41. The standard InChI is InChI=1S/C51H30N4OS/c1-3-14-31(15-4-1)49-52-50(32-16-5-2-6-17-32)54-51(53-49)33-28-29-40-45(30-33)56-44-27-13-20-36(46(40)44)37-21-11-22-38-39-23-12-26-43(48(39)57-47(37)38)55-41-24-9-7-18-34(41)35-19-8-10-25-42(35)55/h1-30H. The van der Waals surface area contributed by atoms with E-state index in [1.807, 2.05) is 72.0 Å². The van der Waals surface area contributed by atoms with E-state index >= 15 is 0 Å². The maximum atomic E-state index is 6.66. The molecule has 0 amide bonds. The molecule has 57 heavy (non-hydrogen) atoms. The number of para-hydroxylation sites is 2. The number of rotatable bonds is 5. The predicted octanol–water partition coefficient (Wildman–Crippen LogP) is 13.9. The van der Waals surface area contributed by atoms with Crippen LogP contribution in [0.2, 0.25) is 0 Å². The summed E-state index contributed by atoms with van der Waals surface area (Å²) in [4.78, 5) is 14.8. The lowest BCUT2D eigenvalue weighted by atomic mass is 9.97. The van der Waals surface area contributed by atoms with Crippen molar-refractivity contribution in [2.75, 3.05) is 0 Å². The molecule has 0 bridgehead atoms. The van der Waals surface area contributed by atoms with Gasteiger partial charge in [-0.3, -0.25) is 0 Å². The van der Waals surface area contributed by atoms with E-state index in [0.717, 1.165) is 44.2 Å². The highest BCUT2D eigenvalue weighted by atomic mass is 32.1. The highest BCUT2D eigenvalue weighted by Crippen LogP contribution is 2.46. The normalized spacial score (nSPS) is 11.9. The van der Waals surface area contributed by atoms with Crippen molar-refractivity contribution in [3.8, 4) is 51.0 Å². The quantitative estimate of drug-likeness (QED) is 0.176. The molecule has 6 heteroatoms. The van der Waals surface area contributed by atoms with E-state index in [9.17, 15) is 0 Å². The van der Waals surface area contributed by atoms with Crippen LogP contribution in [0.25, 0.3) is 115 Å². The number of thiophene rings is 1. The summed E-state index contributed by atoms with van der Waals surface area (Å²) in [7, 11) is 0. The Labute approximate surface area is 330 Å². The molecule has 0 aliphatic heterocycles. The summed E-state index contributed by atoms with van der Waals surface area (Å²) >= 11 is 1.87. The Morgan fingerprint density at radius 1 is 0.386 bits per heavy atom. The Morgan fingerprint density at radius 3 is 1.61 bits per heavy atom. The van der Waals surface area contributed by atoms with Crippen LogP contribution < -0.4 is 0 Å². The van der Waals surface area contributed by atoms with Crippen LogP contribution in [0.5, 0.6) is 0 Å². The maximum Gasteiger partial charge on any atom is 0.164 e. The van der Waals surface area contributed by atoms with E-state index in [-0.39, 0.29) is 0 Å². The molecule has 0 aliphatic carbocycles. The Morgan fingerprint density at radius 2 is 0.930 bits per heavy atom. The average molecular weight is 747 g/mol. The van der Waals surface area contributed by atoms with E-state index < -0.39 is 0 Å². The third-order valence-corrected chi connectivity index (χ3v) is 12.3. The summed E-state index contributed by atoms with van der Waals surface area (Å²) in [5.41, 5.74) is 10.3. The molecule has 5 nitrogen and oxygen atoms in total. The van der Waals surface area contributed by atoms with Crippen LogP contribution in [-0.4, -0.2) is 19.5 Å². The van der Waals surface area contributed by atoms with Crippen LogP contribution in [-0.2, 0) is 0 Å². The molecule has 0 spiro atoms. The molecule has 0 fully saturated rings. The lowest BCUT2D eigenvalue weighted by Gasteiger charge is -2.09. The van der Waals surface area contributed by atoms with Gasteiger partial charge in [-0.2, -0.15) is 0 Å². The Balaban J connectivity index is 1.03. The highest BCUT2D eigenvalue weighted by Gasteiger charge is 2.21. The maximum absolute atomic E-state index is 6.66. The minimum Gasteiger partial charge on any atom is -0.456 e. The van der Waals surface area contributed by atoms with Crippen LogP contribution in [0.4, 0.5) is 0 Å². The molecule has 0 N–H and O–H groups in total. The first-order valence-corrected chi connectivity index (χ1v) is 19.8. The van der Waals surface area contributed by atoms with Gasteiger partial charge in [-0.05, 0) is 42.0 Å². The van der Waals surface area contributed by atoms with Crippen molar-refractivity contribution in [2.45, 2.75) is 0 Å².